The van der Waals surface area contributed by atoms with Crippen molar-refractivity contribution in [1.29, 1.82) is 0 Å². The van der Waals surface area contributed by atoms with Gasteiger partial charge in [-0.25, -0.2) is 18.3 Å². The monoisotopic (exact) mass is 369 g/mol. The minimum Gasteiger partial charge on any atom is -0.324 e. The largest absolute Gasteiger partial charge is 0.367 e. The average Bonchev–Trinajstić information content (AvgIpc) is 3.22. The van der Waals surface area contributed by atoms with E-state index in [2.05, 4.69) is 5.10 Å². The predicted molar refractivity (Wildman–Crippen MR) is 85.8 cm³/mol. The molecule has 1 aliphatic heterocycles. The minimum absolute atomic E-state index is 0.0869. The number of halogens is 2. The van der Waals surface area contributed by atoms with E-state index in [9.17, 15) is 23.2 Å². The average molecular weight is 369 g/mol. The van der Waals surface area contributed by atoms with Gasteiger partial charge in [-0.1, -0.05) is 17.2 Å². The van der Waals surface area contributed by atoms with Gasteiger partial charge in [0.25, 0.3) is 11.8 Å². The Kier molecular flexibility index (Phi) is 3.76. The maximum absolute atomic E-state index is 13.8. The van der Waals surface area contributed by atoms with Gasteiger partial charge in [0.05, 0.1) is 17.3 Å². The van der Waals surface area contributed by atoms with Crippen LogP contribution in [0.25, 0.3) is 5.69 Å². The van der Waals surface area contributed by atoms with Gasteiger partial charge >= 0.3 is 5.97 Å². The first-order valence-corrected chi connectivity index (χ1v) is 7.66. The molecular formula is C18H9F2N3O4. The molecule has 7 nitrogen and oxygen atoms in total. The lowest BCUT2D eigenvalue weighted by molar-refractivity contribution is -0.0584. The van der Waals surface area contributed by atoms with Crippen molar-refractivity contribution < 1.29 is 28.0 Å². The Labute approximate surface area is 150 Å². The molecule has 0 saturated heterocycles. The predicted octanol–water partition coefficient (Wildman–Crippen LogP) is 2.52. The lowest BCUT2D eigenvalue weighted by atomic mass is 10.1. The number of amides is 2. The summed E-state index contributed by atoms with van der Waals surface area (Å²) in [6.45, 7) is 0. The van der Waals surface area contributed by atoms with Crippen molar-refractivity contribution in [2.24, 2.45) is 0 Å². The number of fused-ring (bicyclic) bond motifs is 1. The Hall–Kier alpha value is -3.88. The van der Waals surface area contributed by atoms with Crippen LogP contribution in [0, 0.1) is 11.6 Å². The zero-order valence-electron chi connectivity index (χ0n) is 13.4. The fraction of sp³-hybridized carbons (Fsp3) is 0. The van der Waals surface area contributed by atoms with E-state index in [-0.39, 0.29) is 22.4 Å². The van der Waals surface area contributed by atoms with Crippen molar-refractivity contribution >= 4 is 17.8 Å². The number of aromatic nitrogens is 2. The highest BCUT2D eigenvalue weighted by atomic mass is 19.1. The fourth-order valence-electron chi connectivity index (χ4n) is 2.61. The molecule has 1 aliphatic rings. The number of carbonyl (C=O) groups is 3. The number of hydroxylamine groups is 2. The quantitative estimate of drug-likeness (QED) is 0.663. The number of carbonyl (C=O) groups excluding carboxylic acids is 3. The van der Waals surface area contributed by atoms with Crippen LogP contribution in [-0.2, 0) is 4.84 Å². The number of rotatable bonds is 3. The number of imide groups is 1. The fourth-order valence-corrected chi connectivity index (χ4v) is 2.61. The maximum Gasteiger partial charge on any atom is 0.367 e. The Morgan fingerprint density at radius 2 is 1.67 bits per heavy atom. The Morgan fingerprint density at radius 1 is 1.00 bits per heavy atom. The molecule has 3 aromatic rings. The van der Waals surface area contributed by atoms with Crippen molar-refractivity contribution in [3.8, 4) is 5.69 Å². The van der Waals surface area contributed by atoms with E-state index in [4.69, 9.17) is 4.84 Å². The maximum atomic E-state index is 13.8. The second kappa shape index (κ2) is 6.13. The van der Waals surface area contributed by atoms with Gasteiger partial charge < -0.3 is 4.84 Å². The van der Waals surface area contributed by atoms with Crippen molar-refractivity contribution in [1.82, 2.24) is 14.8 Å². The van der Waals surface area contributed by atoms with E-state index in [0.29, 0.717) is 11.1 Å². The normalized spacial score (nSPS) is 13.0. The smallest absolute Gasteiger partial charge is 0.324 e. The molecule has 0 bridgehead atoms. The molecule has 1 aromatic heterocycles. The summed E-state index contributed by atoms with van der Waals surface area (Å²) in [7, 11) is 0. The topological polar surface area (TPSA) is 81.5 Å². The van der Waals surface area contributed by atoms with Crippen molar-refractivity contribution in [2.45, 2.75) is 0 Å². The molecule has 2 amide bonds. The van der Waals surface area contributed by atoms with Crippen LogP contribution in [0.15, 0.2) is 54.9 Å². The molecule has 0 fully saturated rings. The van der Waals surface area contributed by atoms with Crippen LogP contribution in [0.5, 0.6) is 0 Å². The van der Waals surface area contributed by atoms with E-state index in [0.717, 1.165) is 29.2 Å². The number of nitrogens with zero attached hydrogens (tertiary/aromatic N) is 3. The number of hydrogen-bond acceptors (Lipinski definition) is 5. The van der Waals surface area contributed by atoms with Crippen LogP contribution in [0.4, 0.5) is 8.78 Å². The molecule has 0 radical (unpaired) electrons. The molecule has 2 heterocycles. The molecule has 0 atom stereocenters. The first-order valence-electron chi connectivity index (χ1n) is 7.66. The Balaban J connectivity index is 1.56. The molecule has 0 aliphatic carbocycles. The molecular weight excluding hydrogens is 360 g/mol. The van der Waals surface area contributed by atoms with Crippen molar-refractivity contribution in [3.63, 3.8) is 0 Å². The van der Waals surface area contributed by atoms with Crippen LogP contribution < -0.4 is 0 Å². The van der Waals surface area contributed by atoms with E-state index in [1.807, 2.05) is 0 Å². The Morgan fingerprint density at radius 3 is 2.30 bits per heavy atom. The third-order valence-electron chi connectivity index (χ3n) is 3.91. The summed E-state index contributed by atoms with van der Waals surface area (Å²) in [5, 5.41) is 4.18. The summed E-state index contributed by atoms with van der Waals surface area (Å²) in [5.41, 5.74) is 0.0326. The second-order valence-electron chi connectivity index (χ2n) is 5.60. The highest BCUT2D eigenvalue weighted by molar-refractivity contribution is 6.21. The van der Waals surface area contributed by atoms with Crippen molar-refractivity contribution in [3.05, 3.63) is 83.2 Å². The van der Waals surface area contributed by atoms with Gasteiger partial charge in [0.2, 0.25) is 0 Å². The van der Waals surface area contributed by atoms with E-state index < -0.39 is 29.4 Å². The van der Waals surface area contributed by atoms with Crippen LogP contribution in [0.3, 0.4) is 0 Å². The zero-order valence-corrected chi connectivity index (χ0v) is 13.4. The summed E-state index contributed by atoms with van der Waals surface area (Å²) in [5.74, 6) is -4.19. The van der Waals surface area contributed by atoms with Crippen LogP contribution in [-0.4, -0.2) is 32.6 Å². The minimum atomic E-state index is -1.03. The number of hydrogen-bond donors (Lipinski definition) is 0. The number of benzene rings is 2. The van der Waals surface area contributed by atoms with Gasteiger partial charge in [-0.3, -0.25) is 9.59 Å². The molecule has 0 spiro atoms. The standard InChI is InChI=1S/C18H9F2N3O4/c19-11-5-6-15(14(20)7-11)22-9-10(8-21-22)18(26)27-23-16(24)12-3-1-2-4-13(12)17(23)25/h1-9H. The van der Waals surface area contributed by atoms with Crippen LogP contribution in [0.1, 0.15) is 31.1 Å². The highest BCUT2D eigenvalue weighted by Crippen LogP contribution is 2.23. The van der Waals surface area contributed by atoms with Gasteiger partial charge in [-0.05, 0) is 24.3 Å². The summed E-state index contributed by atoms with van der Waals surface area (Å²) in [6, 6.07) is 8.91. The lowest BCUT2D eigenvalue weighted by Crippen LogP contribution is -2.32. The Bertz CT molecular complexity index is 1070. The third kappa shape index (κ3) is 2.74. The summed E-state index contributed by atoms with van der Waals surface area (Å²) >= 11 is 0. The molecule has 0 N–H and O–H groups in total. The van der Waals surface area contributed by atoms with E-state index >= 15 is 0 Å². The van der Waals surface area contributed by atoms with E-state index in [1.54, 1.807) is 12.1 Å². The van der Waals surface area contributed by atoms with Gasteiger partial charge in [-0.2, -0.15) is 5.10 Å². The third-order valence-corrected chi connectivity index (χ3v) is 3.91. The van der Waals surface area contributed by atoms with Crippen LogP contribution >= 0.6 is 0 Å². The SMILES string of the molecule is O=C(ON1C(=O)c2ccccc2C1=O)c1cnn(-c2ccc(F)cc2F)c1. The summed E-state index contributed by atoms with van der Waals surface area (Å²) in [4.78, 5) is 41.5. The second-order valence-corrected chi connectivity index (χ2v) is 5.60. The first-order chi connectivity index (χ1) is 13.0. The molecule has 0 unspecified atom stereocenters. The zero-order chi connectivity index (χ0) is 19.1. The molecule has 9 heteroatoms. The van der Waals surface area contributed by atoms with Crippen molar-refractivity contribution in [2.75, 3.05) is 0 Å². The molecule has 0 saturated carbocycles. The van der Waals surface area contributed by atoms with Gasteiger partial charge in [-0.15, -0.1) is 0 Å². The summed E-state index contributed by atoms with van der Waals surface area (Å²) < 4.78 is 27.8. The van der Waals surface area contributed by atoms with Gasteiger partial charge in [0.1, 0.15) is 17.1 Å². The molecule has 2 aromatic carbocycles. The lowest BCUT2D eigenvalue weighted by Gasteiger charge is -2.11. The first kappa shape index (κ1) is 16.6. The van der Waals surface area contributed by atoms with Crippen LogP contribution in [0.2, 0.25) is 0 Å². The molecule has 4 rings (SSSR count). The van der Waals surface area contributed by atoms with Gasteiger partial charge in [0.15, 0.2) is 5.82 Å². The summed E-state index contributed by atoms with van der Waals surface area (Å²) in [6.07, 6.45) is 2.21. The molecule has 134 valence electrons. The van der Waals surface area contributed by atoms with Gasteiger partial charge in [0, 0.05) is 12.3 Å². The van der Waals surface area contributed by atoms with E-state index in [1.165, 1.54) is 12.1 Å². The highest BCUT2D eigenvalue weighted by Gasteiger charge is 2.38. The molecule has 27 heavy (non-hydrogen) atoms.